The van der Waals surface area contributed by atoms with Gasteiger partial charge < -0.3 is 0 Å². The molecule has 0 unspecified atom stereocenters. The Kier molecular flexibility index (Phi) is 3.49. The second-order valence-corrected chi connectivity index (χ2v) is 5.95. The summed E-state index contributed by atoms with van der Waals surface area (Å²) in [7, 11) is 0. The van der Waals surface area contributed by atoms with Crippen LogP contribution in [-0.2, 0) is 0 Å². The van der Waals surface area contributed by atoms with Crippen LogP contribution in [0.5, 0.6) is 0 Å². The van der Waals surface area contributed by atoms with Gasteiger partial charge in [-0.3, -0.25) is 4.79 Å². The van der Waals surface area contributed by atoms with Crippen molar-refractivity contribution in [2.45, 2.75) is 57.3 Å². The number of hydrogen-bond acceptors (Lipinski definition) is 1. The van der Waals surface area contributed by atoms with Crippen molar-refractivity contribution in [2.75, 3.05) is 0 Å². The number of rotatable bonds is 3. The number of Topliss-reactive ketones (excluding diaryl/α,β-unsaturated/α-hetero) is 1. The molecule has 0 aliphatic heterocycles. The summed E-state index contributed by atoms with van der Waals surface area (Å²) in [6.07, 6.45) is 10.2. The summed E-state index contributed by atoms with van der Waals surface area (Å²) in [6.45, 7) is 0. The van der Waals surface area contributed by atoms with Gasteiger partial charge in [-0.15, -0.1) is 0 Å². The molecule has 0 amide bonds. The van der Waals surface area contributed by atoms with Crippen LogP contribution in [0.2, 0.25) is 0 Å². The Hall–Kier alpha value is -1.11. The van der Waals surface area contributed by atoms with Crippen LogP contribution in [0.3, 0.4) is 0 Å². The molecule has 2 saturated carbocycles. The molecule has 0 heterocycles. The van der Waals surface area contributed by atoms with Crippen molar-refractivity contribution < 1.29 is 4.79 Å². The highest BCUT2D eigenvalue weighted by Gasteiger charge is 2.26. The Morgan fingerprint density at radius 1 is 0.833 bits per heavy atom. The molecule has 1 aromatic carbocycles. The van der Waals surface area contributed by atoms with E-state index in [-0.39, 0.29) is 0 Å². The van der Waals surface area contributed by atoms with Crippen LogP contribution in [0, 0.1) is 5.92 Å². The molecule has 0 radical (unpaired) electrons. The monoisotopic (exact) mass is 242 g/mol. The van der Waals surface area contributed by atoms with Gasteiger partial charge >= 0.3 is 0 Å². The number of ketones is 1. The maximum Gasteiger partial charge on any atom is 0.165 e. The average molecular weight is 242 g/mol. The SMILES string of the molecule is O=C(c1ccc(C2CCCCC2)cc1)C1CCC1. The molecule has 1 aromatic rings. The summed E-state index contributed by atoms with van der Waals surface area (Å²) < 4.78 is 0. The van der Waals surface area contributed by atoms with E-state index in [1.54, 1.807) is 0 Å². The molecule has 0 aromatic heterocycles. The molecule has 2 aliphatic carbocycles. The quantitative estimate of drug-likeness (QED) is 0.701. The second kappa shape index (κ2) is 5.26. The van der Waals surface area contributed by atoms with E-state index in [1.165, 1.54) is 44.1 Å². The number of benzene rings is 1. The van der Waals surface area contributed by atoms with Gasteiger partial charge in [0.25, 0.3) is 0 Å². The van der Waals surface area contributed by atoms with E-state index in [1.807, 2.05) is 0 Å². The van der Waals surface area contributed by atoms with Gasteiger partial charge in [0, 0.05) is 11.5 Å². The molecule has 18 heavy (non-hydrogen) atoms. The molecule has 0 saturated heterocycles. The van der Waals surface area contributed by atoms with Crippen molar-refractivity contribution in [2.24, 2.45) is 5.92 Å². The predicted molar refractivity (Wildman–Crippen MR) is 73.9 cm³/mol. The highest BCUT2D eigenvalue weighted by molar-refractivity contribution is 5.98. The lowest BCUT2D eigenvalue weighted by atomic mass is 9.79. The fraction of sp³-hybridized carbons (Fsp3) is 0.588. The van der Waals surface area contributed by atoms with Crippen LogP contribution in [0.1, 0.15) is 73.2 Å². The first-order valence-electron chi connectivity index (χ1n) is 7.49. The first kappa shape index (κ1) is 12.0. The van der Waals surface area contributed by atoms with Gasteiger partial charge in [0.2, 0.25) is 0 Å². The van der Waals surface area contributed by atoms with Gasteiger partial charge in [-0.25, -0.2) is 0 Å². The van der Waals surface area contributed by atoms with E-state index in [2.05, 4.69) is 24.3 Å². The molecular weight excluding hydrogens is 220 g/mol. The highest BCUT2D eigenvalue weighted by atomic mass is 16.1. The maximum atomic E-state index is 12.1. The van der Waals surface area contributed by atoms with Crippen LogP contribution >= 0.6 is 0 Å². The summed E-state index contributed by atoms with van der Waals surface area (Å²) in [5, 5.41) is 0. The first-order chi connectivity index (χ1) is 8.84. The van der Waals surface area contributed by atoms with Crippen molar-refractivity contribution in [1.82, 2.24) is 0 Å². The highest BCUT2D eigenvalue weighted by Crippen LogP contribution is 2.34. The maximum absolute atomic E-state index is 12.1. The molecule has 0 atom stereocenters. The standard InChI is InChI=1S/C17H22O/c18-17(15-7-4-8-15)16-11-9-14(10-12-16)13-5-2-1-3-6-13/h9-13,15H,1-8H2. The Bertz CT molecular complexity index is 408. The summed E-state index contributed by atoms with van der Waals surface area (Å²) in [4.78, 5) is 12.1. The molecule has 96 valence electrons. The van der Waals surface area contributed by atoms with Crippen molar-refractivity contribution in [1.29, 1.82) is 0 Å². The Morgan fingerprint density at radius 2 is 1.50 bits per heavy atom. The minimum Gasteiger partial charge on any atom is -0.294 e. The molecule has 1 nitrogen and oxygen atoms in total. The summed E-state index contributed by atoms with van der Waals surface area (Å²) in [6, 6.07) is 8.51. The zero-order valence-electron chi connectivity index (χ0n) is 11.0. The van der Waals surface area contributed by atoms with Crippen LogP contribution in [-0.4, -0.2) is 5.78 Å². The predicted octanol–water partition coefficient (Wildman–Crippen LogP) is 4.72. The molecule has 1 heteroatoms. The van der Waals surface area contributed by atoms with Crippen LogP contribution < -0.4 is 0 Å². The summed E-state index contributed by atoms with van der Waals surface area (Å²) in [5.74, 6) is 1.44. The van der Waals surface area contributed by atoms with E-state index in [4.69, 9.17) is 0 Å². The molecule has 2 fully saturated rings. The summed E-state index contributed by atoms with van der Waals surface area (Å²) in [5.41, 5.74) is 2.37. The van der Waals surface area contributed by atoms with Crippen molar-refractivity contribution in [3.05, 3.63) is 35.4 Å². The Morgan fingerprint density at radius 3 is 2.06 bits per heavy atom. The molecule has 0 N–H and O–H groups in total. The van der Waals surface area contributed by atoms with Gasteiger partial charge in [0.15, 0.2) is 5.78 Å². The minimum absolute atomic E-state index is 0.325. The van der Waals surface area contributed by atoms with Crippen molar-refractivity contribution >= 4 is 5.78 Å². The van der Waals surface area contributed by atoms with E-state index in [0.29, 0.717) is 11.7 Å². The molecule has 3 rings (SSSR count). The third kappa shape index (κ3) is 2.36. The molecule has 0 bridgehead atoms. The third-order valence-electron chi connectivity index (χ3n) is 4.75. The molecule has 0 spiro atoms. The zero-order chi connectivity index (χ0) is 12.4. The van der Waals surface area contributed by atoms with Crippen molar-refractivity contribution in [3.63, 3.8) is 0 Å². The topological polar surface area (TPSA) is 17.1 Å². The average Bonchev–Trinajstić information content (AvgIpc) is 2.38. The molecule has 2 aliphatic rings. The lowest BCUT2D eigenvalue weighted by Crippen LogP contribution is -2.21. The van der Waals surface area contributed by atoms with E-state index < -0.39 is 0 Å². The second-order valence-electron chi connectivity index (χ2n) is 5.95. The van der Waals surface area contributed by atoms with Gasteiger partial charge in [-0.2, -0.15) is 0 Å². The summed E-state index contributed by atoms with van der Waals surface area (Å²) >= 11 is 0. The van der Waals surface area contributed by atoms with E-state index in [9.17, 15) is 4.79 Å². The number of carbonyl (C=O) groups is 1. The number of carbonyl (C=O) groups excluding carboxylic acids is 1. The van der Waals surface area contributed by atoms with E-state index in [0.717, 1.165) is 24.3 Å². The Balaban J connectivity index is 1.69. The van der Waals surface area contributed by atoms with Crippen LogP contribution in [0.25, 0.3) is 0 Å². The zero-order valence-corrected chi connectivity index (χ0v) is 11.0. The van der Waals surface area contributed by atoms with Gasteiger partial charge in [0.1, 0.15) is 0 Å². The number of hydrogen-bond donors (Lipinski definition) is 0. The van der Waals surface area contributed by atoms with Crippen LogP contribution in [0.4, 0.5) is 0 Å². The largest absolute Gasteiger partial charge is 0.294 e. The Labute approximate surface area is 110 Å². The van der Waals surface area contributed by atoms with Crippen LogP contribution in [0.15, 0.2) is 24.3 Å². The minimum atomic E-state index is 0.325. The molecular formula is C17H22O. The lowest BCUT2D eigenvalue weighted by molar-refractivity contribution is 0.0855. The third-order valence-corrected chi connectivity index (χ3v) is 4.75. The van der Waals surface area contributed by atoms with Crippen molar-refractivity contribution in [3.8, 4) is 0 Å². The first-order valence-corrected chi connectivity index (χ1v) is 7.49. The van der Waals surface area contributed by atoms with Gasteiger partial charge in [-0.05, 0) is 37.2 Å². The normalized spacial score (nSPS) is 21.6. The van der Waals surface area contributed by atoms with Gasteiger partial charge in [0.05, 0.1) is 0 Å². The van der Waals surface area contributed by atoms with Gasteiger partial charge in [-0.1, -0.05) is 49.9 Å². The van der Waals surface area contributed by atoms with E-state index >= 15 is 0 Å². The lowest BCUT2D eigenvalue weighted by Gasteiger charge is -2.24. The smallest absolute Gasteiger partial charge is 0.165 e. The fourth-order valence-electron chi connectivity index (χ4n) is 3.26. The fourth-order valence-corrected chi connectivity index (χ4v) is 3.26.